The maximum absolute atomic E-state index is 14.0. The zero-order valence-corrected chi connectivity index (χ0v) is 14.2. The van der Waals surface area contributed by atoms with Gasteiger partial charge in [-0.3, -0.25) is 9.59 Å². The highest BCUT2D eigenvalue weighted by Crippen LogP contribution is 2.29. The molecule has 0 spiro atoms. The van der Waals surface area contributed by atoms with Gasteiger partial charge in [0, 0.05) is 24.1 Å². The Bertz CT molecular complexity index is 580. The van der Waals surface area contributed by atoms with Crippen LogP contribution in [0.15, 0.2) is 22.7 Å². The first-order chi connectivity index (χ1) is 10.4. The van der Waals surface area contributed by atoms with Crippen molar-refractivity contribution in [2.45, 2.75) is 6.42 Å². The number of nitrogens with one attached hydrogen (secondary N) is 1. The Labute approximate surface area is 137 Å². The molecule has 0 bridgehead atoms. The van der Waals surface area contributed by atoms with Gasteiger partial charge in [-0.25, -0.2) is 4.39 Å². The third-order valence-corrected chi connectivity index (χ3v) is 4.07. The highest BCUT2D eigenvalue weighted by molar-refractivity contribution is 9.10. The fourth-order valence-electron chi connectivity index (χ4n) is 2.39. The van der Waals surface area contributed by atoms with Crippen LogP contribution in [0.1, 0.15) is 6.42 Å². The van der Waals surface area contributed by atoms with Gasteiger partial charge in [-0.1, -0.05) is 15.9 Å². The maximum atomic E-state index is 14.0. The van der Waals surface area contributed by atoms with Gasteiger partial charge in [0.2, 0.25) is 11.8 Å². The van der Waals surface area contributed by atoms with Gasteiger partial charge in [0.1, 0.15) is 11.7 Å². The molecule has 0 aliphatic carbocycles. The number of benzene rings is 1. The Morgan fingerprint density at radius 3 is 2.86 bits per heavy atom. The molecule has 1 atom stereocenters. The molecule has 120 valence electrons. The molecular formula is C15H19BrFN3O2. The lowest BCUT2D eigenvalue weighted by Crippen LogP contribution is -2.39. The quantitative estimate of drug-likeness (QED) is 0.800. The summed E-state index contributed by atoms with van der Waals surface area (Å²) in [7, 11) is 3.82. The van der Waals surface area contributed by atoms with Crippen LogP contribution in [0.25, 0.3) is 0 Å². The lowest BCUT2D eigenvalue weighted by molar-refractivity contribution is -0.132. The normalized spacial score (nSPS) is 18.1. The fourth-order valence-corrected chi connectivity index (χ4v) is 2.72. The zero-order chi connectivity index (χ0) is 16.3. The average Bonchev–Trinajstić information content (AvgIpc) is 2.80. The number of hydrogen-bond donors (Lipinski definition) is 1. The summed E-state index contributed by atoms with van der Waals surface area (Å²) in [5.74, 6) is -1.84. The van der Waals surface area contributed by atoms with Gasteiger partial charge in [0.05, 0.1) is 5.69 Å². The Balaban J connectivity index is 2.01. The van der Waals surface area contributed by atoms with E-state index in [9.17, 15) is 14.0 Å². The van der Waals surface area contributed by atoms with E-state index in [1.54, 1.807) is 12.1 Å². The molecule has 2 rings (SSSR count). The molecule has 1 saturated heterocycles. The SMILES string of the molecule is CN(C)CCNC(=O)C1CCN(c2ccc(Br)cc2F)C1=O. The monoisotopic (exact) mass is 371 g/mol. The van der Waals surface area contributed by atoms with E-state index in [2.05, 4.69) is 21.2 Å². The van der Waals surface area contributed by atoms with Crippen LogP contribution in [-0.2, 0) is 9.59 Å². The van der Waals surface area contributed by atoms with Crippen LogP contribution in [0.4, 0.5) is 10.1 Å². The Morgan fingerprint density at radius 2 is 2.23 bits per heavy atom. The second-order valence-electron chi connectivity index (χ2n) is 5.52. The molecule has 0 aromatic heterocycles. The summed E-state index contributed by atoms with van der Waals surface area (Å²) in [6, 6.07) is 4.53. The van der Waals surface area contributed by atoms with Crippen molar-refractivity contribution in [1.82, 2.24) is 10.2 Å². The second kappa shape index (κ2) is 7.19. The number of hydrogen-bond acceptors (Lipinski definition) is 3. The van der Waals surface area contributed by atoms with Crippen molar-refractivity contribution >= 4 is 33.4 Å². The third-order valence-electron chi connectivity index (χ3n) is 3.58. The lowest BCUT2D eigenvalue weighted by Gasteiger charge is -2.18. The predicted molar refractivity (Wildman–Crippen MR) is 86.1 cm³/mol. The standard InChI is InChI=1S/C15H19BrFN3O2/c1-19(2)8-6-18-14(21)11-5-7-20(15(11)22)13-4-3-10(16)9-12(13)17/h3-4,9,11H,5-8H2,1-2H3,(H,18,21). The van der Waals surface area contributed by atoms with Crippen LogP contribution in [-0.4, -0.2) is 50.4 Å². The number of anilines is 1. The Kier molecular flexibility index (Phi) is 5.52. The third kappa shape index (κ3) is 3.84. The number of carbonyl (C=O) groups excluding carboxylic acids is 2. The summed E-state index contributed by atoms with van der Waals surface area (Å²) in [6.45, 7) is 1.54. The van der Waals surface area contributed by atoms with E-state index < -0.39 is 11.7 Å². The number of halogens is 2. The number of likely N-dealkylation sites (N-methyl/N-ethyl adjacent to an activating group) is 1. The van der Waals surface area contributed by atoms with E-state index in [0.717, 1.165) is 0 Å². The average molecular weight is 372 g/mol. The van der Waals surface area contributed by atoms with Gasteiger partial charge in [-0.2, -0.15) is 0 Å². The number of nitrogens with zero attached hydrogens (tertiary/aromatic N) is 2. The van der Waals surface area contributed by atoms with Gasteiger partial charge in [-0.05, 0) is 38.7 Å². The molecule has 1 aromatic rings. The minimum Gasteiger partial charge on any atom is -0.354 e. The van der Waals surface area contributed by atoms with Gasteiger partial charge in [0.25, 0.3) is 0 Å². The van der Waals surface area contributed by atoms with Crippen LogP contribution in [0, 0.1) is 11.7 Å². The Morgan fingerprint density at radius 1 is 1.50 bits per heavy atom. The minimum absolute atomic E-state index is 0.219. The van der Waals surface area contributed by atoms with Crippen molar-refractivity contribution in [2.75, 3.05) is 38.6 Å². The van der Waals surface area contributed by atoms with Gasteiger partial charge < -0.3 is 15.1 Å². The van der Waals surface area contributed by atoms with E-state index in [0.29, 0.717) is 30.5 Å². The molecule has 1 aliphatic rings. The molecule has 1 aliphatic heterocycles. The zero-order valence-electron chi connectivity index (χ0n) is 12.6. The topological polar surface area (TPSA) is 52.7 Å². The summed E-state index contributed by atoms with van der Waals surface area (Å²) in [6.07, 6.45) is 0.405. The molecule has 22 heavy (non-hydrogen) atoms. The smallest absolute Gasteiger partial charge is 0.239 e. The van der Waals surface area contributed by atoms with Crippen molar-refractivity contribution in [2.24, 2.45) is 5.92 Å². The van der Waals surface area contributed by atoms with E-state index in [-0.39, 0.29) is 17.5 Å². The molecule has 2 amide bonds. The van der Waals surface area contributed by atoms with E-state index >= 15 is 0 Å². The summed E-state index contributed by atoms with van der Waals surface area (Å²) in [5.41, 5.74) is 0.219. The lowest BCUT2D eigenvalue weighted by atomic mass is 10.1. The number of amides is 2. The first kappa shape index (κ1) is 16.9. The molecule has 1 unspecified atom stereocenters. The predicted octanol–water partition coefficient (Wildman–Crippen LogP) is 1.62. The summed E-state index contributed by atoms with van der Waals surface area (Å²) in [5, 5.41) is 2.75. The van der Waals surface area contributed by atoms with Gasteiger partial charge in [-0.15, -0.1) is 0 Å². The van der Waals surface area contributed by atoms with Crippen molar-refractivity contribution in [3.63, 3.8) is 0 Å². The van der Waals surface area contributed by atoms with Crippen molar-refractivity contribution in [1.29, 1.82) is 0 Å². The van der Waals surface area contributed by atoms with E-state index in [1.165, 1.54) is 11.0 Å². The largest absolute Gasteiger partial charge is 0.354 e. The van der Waals surface area contributed by atoms with E-state index in [4.69, 9.17) is 0 Å². The first-order valence-corrected chi connectivity index (χ1v) is 7.88. The molecule has 1 aromatic carbocycles. The molecule has 1 N–H and O–H groups in total. The molecule has 1 fully saturated rings. The molecule has 5 nitrogen and oxygen atoms in total. The van der Waals surface area contributed by atoms with Crippen molar-refractivity contribution in [3.8, 4) is 0 Å². The molecular weight excluding hydrogens is 353 g/mol. The van der Waals surface area contributed by atoms with Crippen LogP contribution in [0.3, 0.4) is 0 Å². The first-order valence-electron chi connectivity index (χ1n) is 7.09. The molecule has 7 heteroatoms. The Hall–Kier alpha value is -1.47. The molecule has 0 saturated carbocycles. The maximum Gasteiger partial charge on any atom is 0.239 e. The fraction of sp³-hybridized carbons (Fsp3) is 0.467. The van der Waals surface area contributed by atoms with E-state index in [1.807, 2.05) is 19.0 Å². The van der Waals surface area contributed by atoms with Crippen LogP contribution < -0.4 is 10.2 Å². The van der Waals surface area contributed by atoms with Crippen LogP contribution in [0.5, 0.6) is 0 Å². The minimum atomic E-state index is -0.731. The summed E-state index contributed by atoms with van der Waals surface area (Å²) >= 11 is 3.18. The van der Waals surface area contributed by atoms with Gasteiger partial charge >= 0.3 is 0 Å². The highest BCUT2D eigenvalue weighted by atomic mass is 79.9. The number of carbonyl (C=O) groups is 2. The van der Waals surface area contributed by atoms with Crippen molar-refractivity contribution < 1.29 is 14.0 Å². The molecule has 0 radical (unpaired) electrons. The number of rotatable bonds is 5. The van der Waals surface area contributed by atoms with Crippen LogP contribution >= 0.6 is 15.9 Å². The van der Waals surface area contributed by atoms with Crippen LogP contribution in [0.2, 0.25) is 0 Å². The molecule has 1 heterocycles. The highest BCUT2D eigenvalue weighted by Gasteiger charge is 2.38. The van der Waals surface area contributed by atoms with Gasteiger partial charge in [0.15, 0.2) is 0 Å². The summed E-state index contributed by atoms with van der Waals surface area (Å²) in [4.78, 5) is 27.7. The second-order valence-corrected chi connectivity index (χ2v) is 6.44. The van der Waals surface area contributed by atoms with Crippen molar-refractivity contribution in [3.05, 3.63) is 28.5 Å². The summed E-state index contributed by atoms with van der Waals surface area (Å²) < 4.78 is 14.6.